The zero-order chi connectivity index (χ0) is 30.6. The van der Waals surface area contributed by atoms with E-state index in [9.17, 15) is 0 Å². The summed E-state index contributed by atoms with van der Waals surface area (Å²) in [6, 6.07) is 13.4. The van der Waals surface area contributed by atoms with Gasteiger partial charge in [-0.15, -0.1) is 0 Å². The second-order valence-corrected chi connectivity index (χ2v) is 17.6. The molecule has 236 valence electrons. The van der Waals surface area contributed by atoms with Crippen LogP contribution in [0.15, 0.2) is 58.7 Å². The molecular weight excluding hydrogens is 663 g/mol. The van der Waals surface area contributed by atoms with Crippen molar-refractivity contribution in [3.63, 3.8) is 0 Å². The Hall–Kier alpha value is -1.66. The normalized spacial score (nSPS) is 14.1. The molecule has 0 fully saturated rings. The molecule has 3 nitrogen and oxygen atoms in total. The molecular formula is C36H45Cl3O3SiTi. The third kappa shape index (κ3) is 5.85. The van der Waals surface area contributed by atoms with Crippen LogP contribution in [0.1, 0.15) is 61.1 Å². The van der Waals surface area contributed by atoms with Crippen LogP contribution in [-0.4, -0.2) is 29.4 Å². The number of allylic oxidation sites excluding steroid dienone is 4. The first-order chi connectivity index (χ1) is 19.2. The molecule has 0 saturated carbocycles. The predicted octanol–water partition coefficient (Wildman–Crippen LogP) is -2.02. The number of rotatable bonds is 7. The molecule has 0 amide bonds. The third-order valence-corrected chi connectivity index (χ3v) is 19.1. The van der Waals surface area contributed by atoms with Crippen LogP contribution in [0.3, 0.4) is 0 Å². The van der Waals surface area contributed by atoms with Gasteiger partial charge in [-0.2, -0.15) is 0 Å². The van der Waals surface area contributed by atoms with Gasteiger partial charge in [-0.25, -0.2) is 0 Å². The molecule has 0 aromatic heterocycles. The molecule has 0 bridgehead atoms. The molecule has 1 aliphatic carbocycles. The van der Waals surface area contributed by atoms with Crippen molar-refractivity contribution in [2.24, 2.45) is 0 Å². The van der Waals surface area contributed by atoms with Gasteiger partial charge >= 0.3 is 262 Å². The van der Waals surface area contributed by atoms with E-state index in [2.05, 4.69) is 126 Å². The number of hydrogen-bond donors (Lipinski definition) is 0. The number of benzene rings is 3. The molecule has 0 atom stereocenters. The Bertz CT molecular complexity index is 1390. The average Bonchev–Trinajstić information content (AvgIpc) is 3.06. The molecule has 0 heterocycles. The number of aryl methyl sites for hydroxylation is 6. The minimum absolute atomic E-state index is 0. The Labute approximate surface area is 296 Å². The largest absolute Gasteiger partial charge is 1.00 e. The van der Waals surface area contributed by atoms with Gasteiger partial charge in [0.25, 0.3) is 0 Å². The SMILES string of the molecule is COc1cc(C)c([Si](c2c(C)cc(OC)cc2C)(c2c(C)cc(OC)cc2C)[C]2([Ti+3])C(C)=C(C)C(C)=C2C)c(C)c1.[Cl-].[Cl-].[Cl-]. The summed E-state index contributed by atoms with van der Waals surface area (Å²) in [7, 11) is 2.31. The zero-order valence-corrected chi connectivity index (χ0v) is 33.2. The number of methoxy groups -OCH3 is 3. The first kappa shape index (κ1) is 40.4. The van der Waals surface area contributed by atoms with Crippen molar-refractivity contribution >= 4 is 23.6 Å². The second kappa shape index (κ2) is 14.8. The molecule has 1 aliphatic rings. The topological polar surface area (TPSA) is 27.7 Å². The van der Waals surface area contributed by atoms with Crippen LogP contribution in [0.4, 0.5) is 0 Å². The summed E-state index contributed by atoms with van der Waals surface area (Å²) < 4.78 is 17.2. The van der Waals surface area contributed by atoms with E-state index in [-0.39, 0.29) is 40.6 Å². The van der Waals surface area contributed by atoms with E-state index in [4.69, 9.17) is 14.2 Å². The quantitative estimate of drug-likeness (QED) is 0.210. The maximum absolute atomic E-state index is 5.80. The standard InChI is InChI=1S/C36H45O3Si.3ClH.Ti/c1-20-14-30(37-11)15-21(2)33(20)40(36-28(9)26(7)27(8)29(36)10,34-22(3)16-31(38-12)17-23(34)4)35-24(5)18-32(39-13)19-25(35)6;;;;/h14-19H,1-13H3;3*1H;/q;;;;+3/p-3. The second-order valence-electron chi connectivity index (χ2n) is 11.9. The Morgan fingerprint density at radius 2 is 0.659 bits per heavy atom. The summed E-state index contributed by atoms with van der Waals surface area (Å²) >= 11 is 2.54. The van der Waals surface area contributed by atoms with Crippen molar-refractivity contribution in [2.45, 2.75) is 72.6 Å². The Balaban J connectivity index is 0.00000323. The monoisotopic (exact) mass is 706 g/mol. The molecule has 44 heavy (non-hydrogen) atoms. The van der Waals surface area contributed by atoms with Crippen LogP contribution in [0, 0.1) is 41.5 Å². The molecule has 0 unspecified atom stereocenters. The Morgan fingerprint density at radius 1 is 0.455 bits per heavy atom. The van der Waals surface area contributed by atoms with Gasteiger partial charge in [-0.05, 0) is 0 Å². The van der Waals surface area contributed by atoms with Gasteiger partial charge in [0.05, 0.1) is 0 Å². The average molecular weight is 708 g/mol. The van der Waals surface area contributed by atoms with Crippen molar-refractivity contribution < 1.29 is 71.9 Å². The van der Waals surface area contributed by atoms with Gasteiger partial charge in [0.15, 0.2) is 0 Å². The van der Waals surface area contributed by atoms with E-state index in [0.29, 0.717) is 0 Å². The van der Waals surface area contributed by atoms with E-state index in [0.717, 1.165) is 17.2 Å². The zero-order valence-electron chi connectivity index (χ0n) is 28.3. The van der Waals surface area contributed by atoms with Crippen molar-refractivity contribution in [2.75, 3.05) is 21.3 Å². The fourth-order valence-corrected chi connectivity index (χ4v) is 17.5. The molecule has 8 heteroatoms. The molecule has 0 spiro atoms. The van der Waals surface area contributed by atoms with Crippen molar-refractivity contribution in [1.29, 1.82) is 0 Å². The molecule has 0 N–H and O–H groups in total. The summed E-state index contributed by atoms with van der Waals surface area (Å²) in [5, 5.41) is 4.40. The van der Waals surface area contributed by atoms with Crippen LogP contribution in [0.25, 0.3) is 0 Å². The van der Waals surface area contributed by atoms with Crippen LogP contribution >= 0.6 is 0 Å². The minimum atomic E-state index is -2.98. The van der Waals surface area contributed by atoms with E-state index >= 15 is 0 Å². The van der Waals surface area contributed by atoms with Crippen LogP contribution in [0.5, 0.6) is 17.2 Å². The summed E-state index contributed by atoms with van der Waals surface area (Å²) in [5.74, 6) is 2.71. The summed E-state index contributed by atoms with van der Waals surface area (Å²) in [5.41, 5.74) is 13.4. The first-order valence-corrected chi connectivity index (χ1v) is 17.1. The number of ether oxygens (including phenoxy) is 3. The smallest absolute Gasteiger partial charge is 1.00 e. The van der Waals surface area contributed by atoms with E-state index < -0.39 is 8.07 Å². The van der Waals surface area contributed by atoms with E-state index in [1.807, 2.05) is 0 Å². The van der Waals surface area contributed by atoms with Crippen LogP contribution in [-0.2, 0) is 20.4 Å². The van der Waals surface area contributed by atoms with Gasteiger partial charge in [0.1, 0.15) is 0 Å². The summed E-state index contributed by atoms with van der Waals surface area (Å²) in [6.45, 7) is 23.1. The van der Waals surface area contributed by atoms with Gasteiger partial charge in [0, 0.05) is 0 Å². The van der Waals surface area contributed by atoms with Gasteiger partial charge in [-0.1, -0.05) is 0 Å². The maximum Gasteiger partial charge on any atom is -1.00 e. The van der Waals surface area contributed by atoms with E-state index in [1.54, 1.807) is 21.3 Å². The maximum atomic E-state index is 5.80. The molecule has 0 radical (unpaired) electrons. The van der Waals surface area contributed by atoms with Gasteiger partial charge in [0.2, 0.25) is 0 Å². The Morgan fingerprint density at radius 3 is 0.841 bits per heavy atom. The predicted molar refractivity (Wildman–Crippen MR) is 172 cm³/mol. The fourth-order valence-electron chi connectivity index (χ4n) is 7.81. The molecule has 0 saturated heterocycles. The number of hydrogen-bond acceptors (Lipinski definition) is 3. The Kier molecular flexibility index (Phi) is 13.6. The van der Waals surface area contributed by atoms with Gasteiger partial charge in [-0.3, -0.25) is 0 Å². The third-order valence-electron chi connectivity index (χ3n) is 9.73. The minimum Gasteiger partial charge on any atom is -1.00 e. The molecule has 3 aromatic rings. The summed E-state index contributed by atoms with van der Waals surface area (Å²) in [6.07, 6.45) is 0. The fraction of sp³-hybridized carbons (Fsp3) is 0.389. The van der Waals surface area contributed by atoms with Crippen LogP contribution in [0.2, 0.25) is 3.34 Å². The molecule has 4 rings (SSSR count). The van der Waals surface area contributed by atoms with Crippen molar-refractivity contribution in [1.82, 2.24) is 0 Å². The number of halogens is 3. The van der Waals surface area contributed by atoms with Crippen molar-refractivity contribution in [3.05, 3.63) is 92.1 Å². The van der Waals surface area contributed by atoms with Crippen molar-refractivity contribution in [3.8, 4) is 17.2 Å². The van der Waals surface area contributed by atoms with Crippen LogP contribution < -0.4 is 67.0 Å². The molecule has 3 aromatic carbocycles. The summed E-state index contributed by atoms with van der Waals surface area (Å²) in [4.78, 5) is 0. The first-order valence-electron chi connectivity index (χ1n) is 14.3. The van der Waals surface area contributed by atoms with E-state index in [1.165, 1.54) is 71.2 Å². The van der Waals surface area contributed by atoms with Gasteiger partial charge < -0.3 is 37.2 Å². The molecule has 0 aliphatic heterocycles.